The first-order valence-electron chi connectivity index (χ1n) is 13.5. The molecule has 0 saturated heterocycles. The third kappa shape index (κ3) is 7.24. The van der Waals surface area contributed by atoms with Crippen LogP contribution in [0.4, 0.5) is 0 Å². The zero-order valence-electron chi connectivity index (χ0n) is 22.3. The maximum absolute atomic E-state index is 11.8. The minimum absolute atomic E-state index is 0.0140. The number of aliphatic hydroxyl groups excluding tert-OH is 2. The molecule has 6 heteroatoms. The molecule has 0 unspecified atom stereocenters. The quantitative estimate of drug-likeness (QED) is 0.163. The minimum Gasteiger partial charge on any atom is -0.388 e. The highest BCUT2D eigenvalue weighted by molar-refractivity contribution is 5.83. The molecular weight excluding hydrogens is 502 g/mol. The Hall–Kier alpha value is -3.78. The summed E-state index contributed by atoms with van der Waals surface area (Å²) >= 11 is 0. The average Bonchev–Trinajstić information content (AvgIpc) is 3.44. The van der Waals surface area contributed by atoms with Gasteiger partial charge in [0.25, 0.3) is 0 Å². The number of fused-ring (bicyclic) bond motifs is 1. The van der Waals surface area contributed by atoms with Gasteiger partial charge in [0.05, 0.1) is 26.4 Å². The van der Waals surface area contributed by atoms with E-state index in [0.717, 1.165) is 27.6 Å². The van der Waals surface area contributed by atoms with Crippen LogP contribution < -0.4 is 0 Å². The highest BCUT2D eigenvalue weighted by atomic mass is 16.6. The fourth-order valence-electron chi connectivity index (χ4n) is 4.81. The van der Waals surface area contributed by atoms with Gasteiger partial charge in [-0.05, 0) is 22.8 Å². The molecule has 0 aliphatic rings. The van der Waals surface area contributed by atoms with Crippen molar-refractivity contribution in [3.05, 3.63) is 144 Å². The lowest BCUT2D eigenvalue weighted by atomic mass is 9.96. The maximum atomic E-state index is 11.8. The maximum Gasteiger partial charge on any atom is 0.117 e. The molecule has 3 N–H and O–H groups in total. The zero-order valence-corrected chi connectivity index (χ0v) is 22.3. The van der Waals surface area contributed by atoms with E-state index in [1.54, 1.807) is 6.20 Å². The second-order valence-electron chi connectivity index (χ2n) is 9.82. The highest BCUT2D eigenvalue weighted by Crippen LogP contribution is 2.31. The van der Waals surface area contributed by atoms with Crippen LogP contribution in [0.3, 0.4) is 0 Å². The van der Waals surface area contributed by atoms with Crippen molar-refractivity contribution in [2.45, 2.75) is 44.2 Å². The van der Waals surface area contributed by atoms with Crippen molar-refractivity contribution in [3.63, 3.8) is 0 Å². The van der Waals surface area contributed by atoms with Crippen molar-refractivity contribution in [1.29, 1.82) is 0 Å². The van der Waals surface area contributed by atoms with Gasteiger partial charge in [-0.25, -0.2) is 0 Å². The molecule has 1 aromatic heterocycles. The number of para-hydroxylation sites is 1. The van der Waals surface area contributed by atoms with Crippen molar-refractivity contribution >= 4 is 10.9 Å². The topological polar surface area (TPSA) is 83.9 Å². The third-order valence-corrected chi connectivity index (χ3v) is 6.92. The molecule has 6 nitrogen and oxygen atoms in total. The van der Waals surface area contributed by atoms with Crippen molar-refractivity contribution < 1.29 is 24.4 Å². The lowest BCUT2D eigenvalue weighted by Crippen LogP contribution is -2.46. The van der Waals surface area contributed by atoms with Gasteiger partial charge in [0.15, 0.2) is 0 Å². The van der Waals surface area contributed by atoms with Gasteiger partial charge in [-0.3, -0.25) is 0 Å². The summed E-state index contributed by atoms with van der Waals surface area (Å²) in [6, 6.07) is 37.1. The SMILES string of the molecule is O[C@H](COCc1ccccc1)[C@@H](OCc1ccccc1)[C@H](OCc1ccccc1)[C@H](O)c1c[nH]c2ccccc12. The Balaban J connectivity index is 1.41. The number of aliphatic hydroxyl groups is 2. The summed E-state index contributed by atoms with van der Waals surface area (Å²) < 4.78 is 18.6. The van der Waals surface area contributed by atoms with Crippen LogP contribution in [0.2, 0.25) is 0 Å². The van der Waals surface area contributed by atoms with Gasteiger partial charge in [0.2, 0.25) is 0 Å². The van der Waals surface area contributed by atoms with Crippen LogP contribution in [0, 0.1) is 0 Å². The van der Waals surface area contributed by atoms with Gasteiger partial charge in [0.1, 0.15) is 24.4 Å². The summed E-state index contributed by atoms with van der Waals surface area (Å²) in [6.45, 7) is 0.852. The Morgan fingerprint density at radius 3 is 1.68 bits per heavy atom. The average molecular weight is 538 g/mol. The zero-order chi connectivity index (χ0) is 27.6. The summed E-state index contributed by atoms with van der Waals surface area (Å²) in [5.41, 5.74) is 4.50. The third-order valence-electron chi connectivity index (χ3n) is 6.92. The minimum atomic E-state index is -1.08. The molecule has 0 aliphatic heterocycles. The monoisotopic (exact) mass is 537 g/mol. The van der Waals surface area contributed by atoms with E-state index in [1.807, 2.05) is 115 Å². The number of hydrogen-bond donors (Lipinski definition) is 3. The van der Waals surface area contributed by atoms with Crippen LogP contribution in [0.15, 0.2) is 121 Å². The van der Waals surface area contributed by atoms with Crippen LogP contribution >= 0.6 is 0 Å². The molecule has 0 saturated carbocycles. The number of aromatic amines is 1. The van der Waals surface area contributed by atoms with Gasteiger partial charge in [0, 0.05) is 22.7 Å². The molecular formula is C34H35NO5. The molecule has 0 aliphatic carbocycles. The molecule has 0 fully saturated rings. The smallest absolute Gasteiger partial charge is 0.117 e. The van der Waals surface area contributed by atoms with Crippen molar-refractivity contribution in [2.24, 2.45) is 0 Å². The molecule has 0 bridgehead atoms. The predicted octanol–water partition coefficient (Wildman–Crippen LogP) is 5.95. The number of rotatable bonds is 14. The number of benzene rings is 4. The lowest BCUT2D eigenvalue weighted by molar-refractivity contribution is -0.177. The summed E-state index contributed by atoms with van der Waals surface area (Å²) in [5.74, 6) is 0. The summed E-state index contributed by atoms with van der Waals surface area (Å²) in [7, 11) is 0. The molecule has 0 amide bonds. The van der Waals surface area contributed by atoms with E-state index in [9.17, 15) is 10.2 Å². The van der Waals surface area contributed by atoms with Crippen molar-refractivity contribution in [3.8, 4) is 0 Å². The molecule has 5 aromatic rings. The van der Waals surface area contributed by atoms with E-state index in [1.165, 1.54) is 0 Å². The second kappa shape index (κ2) is 14.0. The number of hydrogen-bond acceptors (Lipinski definition) is 5. The van der Waals surface area contributed by atoms with Gasteiger partial charge in [-0.2, -0.15) is 0 Å². The molecule has 40 heavy (non-hydrogen) atoms. The Bertz CT molecular complexity index is 1420. The summed E-state index contributed by atoms with van der Waals surface area (Å²) in [6.07, 6.45) is -2.12. The molecule has 4 aromatic carbocycles. The van der Waals surface area contributed by atoms with E-state index in [2.05, 4.69) is 4.98 Å². The standard InChI is InChI=1S/C34H35NO5/c36-31(24-38-21-25-12-4-1-5-13-25)33(39-22-26-14-6-2-7-15-26)34(40-23-27-16-8-3-9-17-27)32(37)29-20-35-30-19-11-10-18-28(29)30/h1-20,31-37H,21-24H2/t31-,32-,33-,34-/m1/s1. The Morgan fingerprint density at radius 2 is 1.07 bits per heavy atom. The summed E-state index contributed by atoms with van der Waals surface area (Å²) in [4.78, 5) is 3.23. The fraction of sp³-hybridized carbons (Fsp3) is 0.235. The largest absolute Gasteiger partial charge is 0.388 e. The van der Waals surface area contributed by atoms with E-state index < -0.39 is 24.4 Å². The van der Waals surface area contributed by atoms with E-state index >= 15 is 0 Å². The van der Waals surface area contributed by atoms with E-state index in [0.29, 0.717) is 12.2 Å². The van der Waals surface area contributed by atoms with Gasteiger partial charge >= 0.3 is 0 Å². The Kier molecular flexibility index (Phi) is 9.74. The molecule has 1 heterocycles. The van der Waals surface area contributed by atoms with Crippen LogP contribution in [0.1, 0.15) is 28.4 Å². The van der Waals surface area contributed by atoms with Crippen LogP contribution in [-0.2, 0) is 34.0 Å². The lowest BCUT2D eigenvalue weighted by Gasteiger charge is -2.34. The van der Waals surface area contributed by atoms with E-state index in [-0.39, 0.29) is 19.8 Å². The summed E-state index contributed by atoms with van der Waals surface area (Å²) in [5, 5.41) is 24.1. The van der Waals surface area contributed by atoms with Crippen molar-refractivity contribution in [1.82, 2.24) is 4.98 Å². The Labute approximate surface area is 234 Å². The first-order valence-corrected chi connectivity index (χ1v) is 13.5. The number of nitrogens with one attached hydrogen (secondary N) is 1. The van der Waals surface area contributed by atoms with Crippen molar-refractivity contribution in [2.75, 3.05) is 6.61 Å². The first kappa shape index (κ1) is 27.8. The van der Waals surface area contributed by atoms with Gasteiger partial charge in [-0.15, -0.1) is 0 Å². The molecule has 0 radical (unpaired) electrons. The molecule has 4 atom stereocenters. The Morgan fingerprint density at radius 1 is 0.575 bits per heavy atom. The van der Waals surface area contributed by atoms with Gasteiger partial charge in [-0.1, -0.05) is 109 Å². The fourth-order valence-corrected chi connectivity index (χ4v) is 4.81. The number of ether oxygens (including phenoxy) is 3. The predicted molar refractivity (Wildman–Crippen MR) is 155 cm³/mol. The number of aromatic nitrogens is 1. The van der Waals surface area contributed by atoms with Crippen LogP contribution in [0.25, 0.3) is 10.9 Å². The number of H-pyrrole nitrogens is 1. The normalized spacial score (nSPS) is 14.6. The molecule has 5 rings (SSSR count). The van der Waals surface area contributed by atoms with Crippen LogP contribution in [-0.4, -0.2) is 40.1 Å². The van der Waals surface area contributed by atoms with Gasteiger partial charge < -0.3 is 29.4 Å². The molecule has 0 spiro atoms. The van der Waals surface area contributed by atoms with E-state index in [4.69, 9.17) is 14.2 Å². The second-order valence-corrected chi connectivity index (χ2v) is 9.82. The molecule has 206 valence electrons. The first-order chi connectivity index (χ1) is 19.7. The highest BCUT2D eigenvalue weighted by Gasteiger charge is 2.37. The van der Waals surface area contributed by atoms with Crippen LogP contribution in [0.5, 0.6) is 0 Å².